The summed E-state index contributed by atoms with van der Waals surface area (Å²) < 4.78 is 0. The second kappa shape index (κ2) is 9.27. The predicted octanol–water partition coefficient (Wildman–Crippen LogP) is 4.59. The average Bonchev–Trinajstić information content (AvgIpc) is 2.97. The van der Waals surface area contributed by atoms with E-state index in [2.05, 4.69) is 20.8 Å². The van der Waals surface area contributed by atoms with E-state index in [0.717, 1.165) is 6.20 Å². The summed E-state index contributed by atoms with van der Waals surface area (Å²) in [7, 11) is 0. The number of aromatic nitrogens is 1. The molecule has 160 valence electrons. The number of hydrogen-bond acceptors (Lipinski definition) is 7. The minimum absolute atomic E-state index is 0.101. The average molecular weight is 450 g/mol. The van der Waals surface area contributed by atoms with Crippen LogP contribution in [-0.4, -0.2) is 28.3 Å². The number of anilines is 1. The van der Waals surface area contributed by atoms with E-state index in [1.165, 1.54) is 6.07 Å². The van der Waals surface area contributed by atoms with Crippen molar-refractivity contribution in [3.63, 3.8) is 0 Å². The van der Waals surface area contributed by atoms with Gasteiger partial charge in [0.15, 0.2) is 0 Å². The lowest BCUT2D eigenvalue weighted by Gasteiger charge is -2.10. The summed E-state index contributed by atoms with van der Waals surface area (Å²) >= 11 is 6.35. The van der Waals surface area contributed by atoms with Crippen LogP contribution in [0.5, 0.6) is 0 Å². The van der Waals surface area contributed by atoms with E-state index in [0.29, 0.717) is 38.9 Å². The third-order valence-corrected chi connectivity index (χ3v) is 4.84. The Labute approximate surface area is 187 Å². The summed E-state index contributed by atoms with van der Waals surface area (Å²) in [4.78, 5) is 36.7. The van der Waals surface area contributed by atoms with Gasteiger partial charge in [0.05, 0.1) is 28.6 Å². The standard InChI is InChI=1S/C22H16ClN5O4/c23-19-9-5-4-8-17(19)21-18-11-16(28(30)31)13-24-20(18)10-15(12-25-21)27-32-22(29)26-14-6-2-1-3-7-14/h1-11,13,27H,12H2,(H,26,29). The van der Waals surface area contributed by atoms with Gasteiger partial charge < -0.3 is 4.84 Å². The fourth-order valence-corrected chi connectivity index (χ4v) is 3.28. The number of nitrogens with zero attached hydrogens (tertiary/aromatic N) is 3. The van der Waals surface area contributed by atoms with Gasteiger partial charge in [0.1, 0.15) is 6.20 Å². The molecule has 0 spiro atoms. The lowest BCUT2D eigenvalue weighted by Crippen LogP contribution is -2.24. The molecule has 1 aliphatic rings. The number of pyridine rings is 1. The van der Waals surface area contributed by atoms with Crippen LogP contribution in [0.4, 0.5) is 16.2 Å². The molecule has 2 N–H and O–H groups in total. The monoisotopic (exact) mass is 449 g/mol. The molecule has 0 atom stereocenters. The van der Waals surface area contributed by atoms with Crippen LogP contribution in [0.25, 0.3) is 6.08 Å². The van der Waals surface area contributed by atoms with Gasteiger partial charge in [0, 0.05) is 27.9 Å². The zero-order valence-electron chi connectivity index (χ0n) is 16.5. The van der Waals surface area contributed by atoms with Crippen molar-refractivity contribution in [3.8, 4) is 0 Å². The summed E-state index contributed by atoms with van der Waals surface area (Å²) in [6, 6.07) is 17.3. The molecule has 0 bridgehead atoms. The lowest BCUT2D eigenvalue weighted by molar-refractivity contribution is -0.385. The van der Waals surface area contributed by atoms with Crippen LogP contribution < -0.4 is 10.8 Å². The molecule has 0 saturated heterocycles. The van der Waals surface area contributed by atoms with Crippen LogP contribution in [0.2, 0.25) is 5.02 Å². The summed E-state index contributed by atoms with van der Waals surface area (Å²) in [5.74, 6) is 0. The highest BCUT2D eigenvalue weighted by molar-refractivity contribution is 6.35. The Morgan fingerprint density at radius 3 is 2.59 bits per heavy atom. The molecular weight excluding hydrogens is 434 g/mol. The number of amides is 1. The lowest BCUT2D eigenvalue weighted by atomic mass is 10.0. The van der Waals surface area contributed by atoms with Gasteiger partial charge in [-0.2, -0.15) is 0 Å². The Kier molecular flexibility index (Phi) is 6.09. The maximum atomic E-state index is 12.1. The molecule has 2 heterocycles. The minimum Gasteiger partial charge on any atom is -0.324 e. The molecule has 1 aliphatic heterocycles. The molecule has 0 radical (unpaired) electrons. The van der Waals surface area contributed by atoms with Crippen molar-refractivity contribution in [2.75, 3.05) is 11.9 Å². The molecule has 1 amide bonds. The summed E-state index contributed by atoms with van der Waals surface area (Å²) in [6.45, 7) is 0.101. The number of carbonyl (C=O) groups is 1. The smallest absolute Gasteiger partial charge is 0.324 e. The van der Waals surface area contributed by atoms with Gasteiger partial charge in [-0.3, -0.25) is 20.4 Å². The van der Waals surface area contributed by atoms with Crippen molar-refractivity contribution >= 4 is 40.9 Å². The maximum Gasteiger partial charge on any atom is 0.435 e. The maximum absolute atomic E-state index is 12.1. The fraction of sp³-hybridized carbons (Fsp3) is 0.0455. The van der Waals surface area contributed by atoms with E-state index in [1.54, 1.807) is 54.6 Å². The summed E-state index contributed by atoms with van der Waals surface area (Å²) in [6.07, 6.45) is 2.06. The third kappa shape index (κ3) is 4.73. The molecule has 9 nitrogen and oxygen atoms in total. The van der Waals surface area contributed by atoms with Crippen LogP contribution >= 0.6 is 11.6 Å². The Bertz CT molecular complexity index is 1240. The second-order valence-electron chi connectivity index (χ2n) is 6.68. The normalized spacial score (nSPS) is 12.5. The summed E-state index contributed by atoms with van der Waals surface area (Å²) in [5.41, 5.74) is 5.33. The quantitative estimate of drug-likeness (QED) is 0.434. The Balaban J connectivity index is 1.62. The minimum atomic E-state index is -0.714. The first kappa shape index (κ1) is 21.0. The Hall–Kier alpha value is -4.24. The van der Waals surface area contributed by atoms with Crippen LogP contribution in [0.15, 0.2) is 77.5 Å². The Morgan fingerprint density at radius 1 is 1.09 bits per heavy atom. The molecule has 0 aliphatic carbocycles. The number of fused-ring (bicyclic) bond motifs is 1. The van der Waals surface area contributed by atoms with Gasteiger partial charge in [0.25, 0.3) is 5.69 Å². The number of hydrogen-bond donors (Lipinski definition) is 2. The molecular formula is C22H16ClN5O4. The first-order chi connectivity index (χ1) is 15.5. The van der Waals surface area contributed by atoms with Crippen molar-refractivity contribution in [1.82, 2.24) is 10.5 Å². The molecule has 32 heavy (non-hydrogen) atoms. The van der Waals surface area contributed by atoms with Gasteiger partial charge in [0.2, 0.25) is 0 Å². The summed E-state index contributed by atoms with van der Waals surface area (Å²) in [5, 5.41) is 14.3. The number of hydroxylamine groups is 1. The zero-order valence-corrected chi connectivity index (χ0v) is 17.2. The molecule has 3 aromatic rings. The van der Waals surface area contributed by atoms with Gasteiger partial charge in [-0.25, -0.2) is 15.3 Å². The van der Waals surface area contributed by atoms with E-state index in [-0.39, 0.29) is 12.2 Å². The van der Waals surface area contributed by atoms with Crippen molar-refractivity contribution in [3.05, 3.63) is 105 Å². The van der Waals surface area contributed by atoms with Gasteiger partial charge in [-0.15, -0.1) is 0 Å². The number of aliphatic imine (C=N–C) groups is 1. The number of nitro groups is 1. The van der Waals surface area contributed by atoms with Crippen LogP contribution in [-0.2, 0) is 4.84 Å². The van der Waals surface area contributed by atoms with Crippen molar-refractivity contribution < 1.29 is 14.6 Å². The van der Waals surface area contributed by atoms with Gasteiger partial charge in [-0.05, 0) is 24.3 Å². The highest BCUT2D eigenvalue weighted by Gasteiger charge is 2.21. The zero-order chi connectivity index (χ0) is 22.5. The SMILES string of the molecule is O=C(Nc1ccccc1)ONC1=Cc2ncc([N+](=O)[O-])cc2C(c2ccccc2Cl)=NC1. The number of carbonyl (C=O) groups excluding carboxylic acids is 1. The van der Waals surface area contributed by atoms with E-state index in [9.17, 15) is 14.9 Å². The number of benzene rings is 2. The third-order valence-electron chi connectivity index (χ3n) is 4.51. The van der Waals surface area contributed by atoms with Crippen molar-refractivity contribution in [2.24, 2.45) is 4.99 Å². The van der Waals surface area contributed by atoms with Crippen LogP contribution in [0, 0.1) is 10.1 Å². The highest BCUT2D eigenvalue weighted by Crippen LogP contribution is 2.27. The van der Waals surface area contributed by atoms with E-state index in [4.69, 9.17) is 16.4 Å². The molecule has 0 unspecified atom stereocenters. The molecule has 2 aromatic carbocycles. The van der Waals surface area contributed by atoms with E-state index in [1.807, 2.05) is 6.07 Å². The number of halogens is 1. The molecule has 0 saturated carbocycles. The van der Waals surface area contributed by atoms with Gasteiger partial charge in [-0.1, -0.05) is 48.0 Å². The van der Waals surface area contributed by atoms with E-state index >= 15 is 0 Å². The highest BCUT2D eigenvalue weighted by atomic mass is 35.5. The number of para-hydroxylation sites is 1. The first-order valence-electron chi connectivity index (χ1n) is 9.45. The van der Waals surface area contributed by atoms with Crippen LogP contribution in [0.3, 0.4) is 0 Å². The van der Waals surface area contributed by atoms with Gasteiger partial charge >= 0.3 is 6.09 Å². The largest absolute Gasteiger partial charge is 0.435 e. The van der Waals surface area contributed by atoms with E-state index < -0.39 is 11.0 Å². The first-order valence-corrected chi connectivity index (χ1v) is 9.82. The number of nitrogens with one attached hydrogen (secondary N) is 2. The topological polar surface area (TPSA) is 119 Å². The predicted molar refractivity (Wildman–Crippen MR) is 121 cm³/mol. The van der Waals surface area contributed by atoms with Crippen LogP contribution in [0.1, 0.15) is 16.8 Å². The Morgan fingerprint density at radius 2 is 1.84 bits per heavy atom. The number of rotatable bonds is 5. The molecule has 0 fully saturated rings. The second-order valence-corrected chi connectivity index (χ2v) is 7.09. The molecule has 10 heteroatoms. The van der Waals surface area contributed by atoms with Crippen molar-refractivity contribution in [1.29, 1.82) is 0 Å². The molecule has 1 aromatic heterocycles. The van der Waals surface area contributed by atoms with Crippen molar-refractivity contribution in [2.45, 2.75) is 0 Å². The molecule has 4 rings (SSSR count). The fourth-order valence-electron chi connectivity index (χ4n) is 3.05.